The lowest BCUT2D eigenvalue weighted by Gasteiger charge is -2.22. The molecule has 0 aliphatic rings. The van der Waals surface area contributed by atoms with Gasteiger partial charge in [0, 0.05) is 29.9 Å². The van der Waals surface area contributed by atoms with Gasteiger partial charge in [-0.05, 0) is 38.8 Å². The quantitative estimate of drug-likeness (QED) is 0.405. The molecule has 1 heterocycles. The van der Waals surface area contributed by atoms with Crippen LogP contribution in [0.2, 0.25) is 0 Å². The molecule has 0 spiro atoms. The van der Waals surface area contributed by atoms with Gasteiger partial charge in [-0.25, -0.2) is 14.4 Å². The Labute approximate surface area is 179 Å². The van der Waals surface area contributed by atoms with E-state index in [9.17, 15) is 29.4 Å². The molecule has 0 saturated heterocycles. The van der Waals surface area contributed by atoms with Crippen molar-refractivity contribution in [1.29, 1.82) is 0 Å². The first-order valence-corrected chi connectivity index (χ1v) is 9.75. The van der Waals surface area contributed by atoms with E-state index >= 15 is 0 Å². The number of carbonyl (C=O) groups excluding carboxylic acids is 2. The standard InChI is InChI=1S/C21H27N3O7/c1-21(2,3)31-20(30)24-15(18(26)27)8-9-17(25)23-16(19(28)29)10-12-11-22-14-7-5-4-6-13(12)14/h4-7,11,15-16,22H,8-10H2,1-3H3,(H,23,25)(H,24,30)(H,26,27)(H,28,29)/t15-,16-/m1/s1. The second-order valence-electron chi connectivity index (χ2n) is 8.10. The summed E-state index contributed by atoms with van der Waals surface area (Å²) >= 11 is 0. The molecule has 5 N–H and O–H groups in total. The minimum absolute atomic E-state index is 0.0591. The molecule has 1 aromatic carbocycles. The molecule has 31 heavy (non-hydrogen) atoms. The number of ether oxygens (including phenoxy) is 1. The van der Waals surface area contributed by atoms with Gasteiger partial charge in [0.15, 0.2) is 0 Å². The van der Waals surface area contributed by atoms with Crippen molar-refractivity contribution in [3.8, 4) is 0 Å². The number of benzene rings is 1. The highest BCUT2D eigenvalue weighted by molar-refractivity contribution is 5.87. The molecule has 2 aromatic rings. The number of aliphatic carboxylic acids is 2. The third kappa shape index (κ3) is 7.32. The Morgan fingerprint density at radius 3 is 2.29 bits per heavy atom. The normalized spacial score (nSPS) is 13.3. The number of hydrogen-bond acceptors (Lipinski definition) is 5. The fraction of sp³-hybridized carbons (Fsp3) is 0.429. The molecule has 10 heteroatoms. The van der Waals surface area contributed by atoms with Crippen LogP contribution in [-0.4, -0.2) is 56.8 Å². The number of carbonyl (C=O) groups is 4. The van der Waals surface area contributed by atoms with Gasteiger partial charge in [-0.3, -0.25) is 4.79 Å². The summed E-state index contributed by atoms with van der Waals surface area (Å²) in [4.78, 5) is 50.1. The van der Waals surface area contributed by atoms with E-state index in [0.29, 0.717) is 0 Å². The van der Waals surface area contributed by atoms with E-state index in [0.717, 1.165) is 16.5 Å². The van der Waals surface area contributed by atoms with E-state index in [1.807, 2.05) is 24.3 Å². The zero-order valence-corrected chi connectivity index (χ0v) is 17.6. The SMILES string of the molecule is CC(C)(C)OC(=O)N[C@H](CCC(=O)N[C@H](Cc1c[nH]c2ccccc12)C(=O)O)C(=O)O. The van der Waals surface area contributed by atoms with E-state index in [-0.39, 0.29) is 19.3 Å². The van der Waals surface area contributed by atoms with Crippen molar-refractivity contribution >= 4 is 34.8 Å². The predicted octanol–water partition coefficient (Wildman–Crippen LogP) is 2.04. The average molecular weight is 433 g/mol. The third-order valence-corrected chi connectivity index (χ3v) is 4.38. The number of amides is 2. The molecule has 0 radical (unpaired) electrons. The predicted molar refractivity (Wildman–Crippen MR) is 112 cm³/mol. The Balaban J connectivity index is 1.95. The van der Waals surface area contributed by atoms with Crippen LogP contribution in [0.25, 0.3) is 10.9 Å². The van der Waals surface area contributed by atoms with Crippen LogP contribution in [0.5, 0.6) is 0 Å². The number of aromatic nitrogens is 1. The largest absolute Gasteiger partial charge is 0.480 e. The molecule has 0 aliphatic heterocycles. The zero-order valence-electron chi connectivity index (χ0n) is 17.6. The van der Waals surface area contributed by atoms with E-state index in [1.165, 1.54) is 0 Å². The number of nitrogens with one attached hydrogen (secondary N) is 3. The first-order chi connectivity index (χ1) is 14.5. The summed E-state index contributed by atoms with van der Waals surface area (Å²) in [5, 5.41) is 24.2. The molecular formula is C21H27N3O7. The minimum Gasteiger partial charge on any atom is -0.480 e. The zero-order chi connectivity index (χ0) is 23.2. The Bertz CT molecular complexity index is 961. The van der Waals surface area contributed by atoms with Crippen LogP contribution in [0.1, 0.15) is 39.2 Å². The van der Waals surface area contributed by atoms with Gasteiger partial charge in [-0.1, -0.05) is 18.2 Å². The molecule has 2 amide bonds. The first-order valence-electron chi connectivity index (χ1n) is 9.75. The van der Waals surface area contributed by atoms with Crippen LogP contribution in [0, 0.1) is 0 Å². The van der Waals surface area contributed by atoms with Crippen LogP contribution >= 0.6 is 0 Å². The Morgan fingerprint density at radius 2 is 1.68 bits per heavy atom. The van der Waals surface area contributed by atoms with Gasteiger partial charge in [-0.2, -0.15) is 0 Å². The van der Waals surface area contributed by atoms with Crippen LogP contribution in [0.4, 0.5) is 4.79 Å². The van der Waals surface area contributed by atoms with Crippen molar-refractivity contribution in [3.63, 3.8) is 0 Å². The van der Waals surface area contributed by atoms with Crippen LogP contribution in [0.15, 0.2) is 30.5 Å². The number of carboxylic acid groups (broad SMARTS) is 2. The average Bonchev–Trinajstić information content (AvgIpc) is 3.06. The Kier molecular flexibility index (Phi) is 7.62. The third-order valence-electron chi connectivity index (χ3n) is 4.38. The highest BCUT2D eigenvalue weighted by atomic mass is 16.6. The maximum absolute atomic E-state index is 12.3. The minimum atomic E-state index is -1.35. The fourth-order valence-corrected chi connectivity index (χ4v) is 2.97. The summed E-state index contributed by atoms with van der Waals surface area (Å²) in [6.45, 7) is 4.90. The van der Waals surface area contributed by atoms with Crippen LogP contribution in [0.3, 0.4) is 0 Å². The van der Waals surface area contributed by atoms with Crippen LogP contribution in [-0.2, 0) is 25.5 Å². The molecule has 0 fully saturated rings. The number of rotatable bonds is 9. The number of alkyl carbamates (subject to hydrolysis) is 1. The molecule has 2 rings (SSSR count). The maximum Gasteiger partial charge on any atom is 0.408 e. The van der Waals surface area contributed by atoms with Gasteiger partial charge < -0.3 is 30.6 Å². The molecular weight excluding hydrogens is 406 g/mol. The molecule has 0 unspecified atom stereocenters. The molecule has 1 aromatic heterocycles. The van der Waals surface area contributed by atoms with Crippen molar-refractivity contribution in [2.24, 2.45) is 0 Å². The summed E-state index contributed by atoms with van der Waals surface area (Å²) in [7, 11) is 0. The monoisotopic (exact) mass is 433 g/mol. The summed E-state index contributed by atoms with van der Waals surface area (Å²) in [6, 6.07) is 4.85. The number of carboxylic acids is 2. The Hall–Kier alpha value is -3.56. The molecule has 0 aliphatic carbocycles. The van der Waals surface area contributed by atoms with Gasteiger partial charge in [0.2, 0.25) is 5.91 Å². The molecule has 0 saturated carbocycles. The maximum atomic E-state index is 12.3. The number of hydrogen-bond donors (Lipinski definition) is 5. The number of para-hydroxylation sites is 1. The van der Waals surface area contributed by atoms with Gasteiger partial charge >= 0.3 is 18.0 Å². The second-order valence-corrected chi connectivity index (χ2v) is 8.10. The number of aromatic amines is 1. The lowest BCUT2D eigenvalue weighted by atomic mass is 10.0. The Morgan fingerprint density at radius 1 is 1.03 bits per heavy atom. The highest BCUT2D eigenvalue weighted by Gasteiger charge is 2.26. The lowest BCUT2D eigenvalue weighted by molar-refractivity contribution is -0.142. The number of fused-ring (bicyclic) bond motifs is 1. The molecule has 2 atom stereocenters. The summed E-state index contributed by atoms with van der Waals surface area (Å²) in [5.41, 5.74) is 0.783. The van der Waals surface area contributed by atoms with E-state index in [4.69, 9.17) is 4.74 Å². The van der Waals surface area contributed by atoms with Gasteiger partial charge in [0.1, 0.15) is 17.7 Å². The van der Waals surface area contributed by atoms with Crippen molar-refractivity contribution in [2.75, 3.05) is 0 Å². The highest BCUT2D eigenvalue weighted by Crippen LogP contribution is 2.19. The summed E-state index contributed by atoms with van der Waals surface area (Å²) in [6.07, 6.45) is 0.328. The first kappa shape index (κ1) is 23.7. The van der Waals surface area contributed by atoms with Crippen molar-refractivity contribution in [1.82, 2.24) is 15.6 Å². The number of H-pyrrole nitrogens is 1. The topological polar surface area (TPSA) is 158 Å². The smallest absolute Gasteiger partial charge is 0.408 e. The summed E-state index contributed by atoms with van der Waals surface area (Å²) < 4.78 is 5.02. The van der Waals surface area contributed by atoms with Gasteiger partial charge in [-0.15, -0.1) is 0 Å². The lowest BCUT2D eigenvalue weighted by Crippen LogP contribution is -2.45. The van der Waals surface area contributed by atoms with Crippen molar-refractivity contribution in [2.45, 2.75) is 57.7 Å². The fourth-order valence-electron chi connectivity index (χ4n) is 2.97. The van der Waals surface area contributed by atoms with Crippen LogP contribution < -0.4 is 10.6 Å². The van der Waals surface area contributed by atoms with Gasteiger partial charge in [0.25, 0.3) is 0 Å². The van der Waals surface area contributed by atoms with Crippen molar-refractivity contribution in [3.05, 3.63) is 36.0 Å². The second kappa shape index (κ2) is 9.96. The van der Waals surface area contributed by atoms with Crippen molar-refractivity contribution < 1.29 is 34.1 Å². The van der Waals surface area contributed by atoms with E-state index in [2.05, 4.69) is 15.6 Å². The molecule has 10 nitrogen and oxygen atoms in total. The van der Waals surface area contributed by atoms with E-state index in [1.54, 1.807) is 27.0 Å². The molecule has 168 valence electrons. The summed E-state index contributed by atoms with van der Waals surface area (Å²) in [5.74, 6) is -3.17. The van der Waals surface area contributed by atoms with E-state index < -0.39 is 41.6 Å². The molecule has 0 bridgehead atoms. The van der Waals surface area contributed by atoms with Gasteiger partial charge in [0.05, 0.1) is 0 Å².